The molecule has 1 atom stereocenters. The zero-order chi connectivity index (χ0) is 21.8. The van der Waals surface area contributed by atoms with Crippen molar-refractivity contribution >= 4 is 0 Å². The lowest BCUT2D eigenvalue weighted by Gasteiger charge is -2.35. The number of aryl methyl sites for hydroxylation is 1. The second-order valence-electron chi connectivity index (χ2n) is 8.10. The summed E-state index contributed by atoms with van der Waals surface area (Å²) in [6.07, 6.45) is 6.87. The maximum Gasteiger partial charge on any atom is 0.259 e. The lowest BCUT2D eigenvalue weighted by Crippen LogP contribution is -2.38. The first-order valence-electron chi connectivity index (χ1n) is 10.8. The van der Waals surface area contributed by atoms with Crippen molar-refractivity contribution in [2.24, 2.45) is 0 Å². The molecule has 0 bridgehead atoms. The number of likely N-dealkylation sites (tertiary alicyclic amines) is 1. The molecular weight excluding hydrogens is 390 g/mol. The molecule has 0 aliphatic carbocycles. The highest BCUT2D eigenvalue weighted by molar-refractivity contribution is 5.41. The molecule has 6 nitrogen and oxygen atoms in total. The smallest absolute Gasteiger partial charge is 0.259 e. The minimum absolute atomic E-state index is 0.0564. The highest BCUT2D eigenvalue weighted by Gasteiger charge is 2.30. The molecule has 3 aromatic rings. The zero-order valence-corrected chi connectivity index (χ0v) is 18.1. The Labute approximate surface area is 182 Å². The van der Waals surface area contributed by atoms with Crippen LogP contribution in [0.1, 0.15) is 47.7 Å². The number of piperidine rings is 1. The summed E-state index contributed by atoms with van der Waals surface area (Å²) < 4.78 is 6.98. The van der Waals surface area contributed by atoms with Gasteiger partial charge >= 0.3 is 0 Å². The molecule has 6 heteroatoms. The number of benzene rings is 1. The predicted molar refractivity (Wildman–Crippen MR) is 121 cm³/mol. The minimum Gasteiger partial charge on any atom is -0.507 e. The van der Waals surface area contributed by atoms with Gasteiger partial charge in [-0.25, -0.2) is 0 Å². The van der Waals surface area contributed by atoms with Gasteiger partial charge in [-0.2, -0.15) is 0 Å². The second-order valence-corrected chi connectivity index (χ2v) is 8.10. The number of pyridine rings is 2. The molecule has 1 N–H and O–H groups in total. The Morgan fingerprint density at radius 1 is 1.06 bits per heavy atom. The first kappa shape index (κ1) is 21.1. The molecular formula is C25H29N3O3. The van der Waals surface area contributed by atoms with Crippen molar-refractivity contribution < 1.29 is 9.84 Å². The molecule has 3 heterocycles. The summed E-state index contributed by atoms with van der Waals surface area (Å²) in [5.74, 6) is 0.836. The Kier molecular flexibility index (Phi) is 6.37. The molecule has 2 aromatic heterocycles. The van der Waals surface area contributed by atoms with Crippen molar-refractivity contribution in [3.63, 3.8) is 0 Å². The Morgan fingerprint density at radius 2 is 1.74 bits per heavy atom. The van der Waals surface area contributed by atoms with E-state index in [1.54, 1.807) is 30.1 Å². The average molecular weight is 420 g/mol. The fourth-order valence-electron chi connectivity index (χ4n) is 4.42. The first-order chi connectivity index (χ1) is 15.1. The Balaban J connectivity index is 1.79. The van der Waals surface area contributed by atoms with Crippen LogP contribution in [0.25, 0.3) is 0 Å². The van der Waals surface area contributed by atoms with E-state index in [1.165, 1.54) is 6.42 Å². The standard InChI is InChI=1S/C25H29N3O3/c1-18-16-22(29)23(25(30)28(18)17-19-6-8-21(31-2)9-7-19)24(20-10-12-26-13-11-20)27-14-4-3-5-15-27/h6-13,16,24,29H,3-5,14-15,17H2,1-2H3/t24-/m0/s1. The van der Waals surface area contributed by atoms with E-state index in [2.05, 4.69) is 9.88 Å². The third-order valence-corrected chi connectivity index (χ3v) is 6.07. The summed E-state index contributed by atoms with van der Waals surface area (Å²) in [4.78, 5) is 20.2. The van der Waals surface area contributed by atoms with Gasteiger partial charge in [0.1, 0.15) is 11.5 Å². The monoisotopic (exact) mass is 419 g/mol. The van der Waals surface area contributed by atoms with Gasteiger partial charge in [-0.1, -0.05) is 18.6 Å². The summed E-state index contributed by atoms with van der Waals surface area (Å²) in [5, 5.41) is 10.9. The summed E-state index contributed by atoms with van der Waals surface area (Å²) in [6, 6.07) is 13.0. The minimum atomic E-state index is -0.293. The normalized spacial score (nSPS) is 15.5. The molecule has 0 saturated carbocycles. The third-order valence-electron chi connectivity index (χ3n) is 6.07. The lowest BCUT2D eigenvalue weighted by atomic mass is 9.95. The average Bonchev–Trinajstić information content (AvgIpc) is 2.81. The second kappa shape index (κ2) is 9.35. The number of methoxy groups -OCH3 is 1. The van der Waals surface area contributed by atoms with Gasteiger partial charge in [-0.05, 0) is 74.3 Å². The fourth-order valence-corrected chi connectivity index (χ4v) is 4.42. The van der Waals surface area contributed by atoms with E-state index in [0.717, 1.165) is 48.5 Å². The fraction of sp³-hybridized carbons (Fsp3) is 0.360. The molecule has 4 rings (SSSR count). The van der Waals surface area contributed by atoms with Gasteiger partial charge < -0.3 is 14.4 Å². The highest BCUT2D eigenvalue weighted by atomic mass is 16.5. The number of rotatable bonds is 6. The van der Waals surface area contributed by atoms with Crippen LogP contribution in [0.5, 0.6) is 11.5 Å². The number of hydrogen-bond donors (Lipinski definition) is 1. The van der Waals surface area contributed by atoms with E-state index in [1.807, 2.05) is 43.3 Å². The number of hydrogen-bond acceptors (Lipinski definition) is 5. The van der Waals surface area contributed by atoms with Crippen LogP contribution in [-0.4, -0.2) is 39.8 Å². The quantitative estimate of drug-likeness (QED) is 0.657. The Morgan fingerprint density at radius 3 is 2.39 bits per heavy atom. The number of nitrogens with zero attached hydrogens (tertiary/aromatic N) is 3. The van der Waals surface area contributed by atoms with Gasteiger partial charge in [-0.3, -0.25) is 14.7 Å². The molecule has 31 heavy (non-hydrogen) atoms. The van der Waals surface area contributed by atoms with Crippen molar-refractivity contribution in [2.75, 3.05) is 20.2 Å². The lowest BCUT2D eigenvalue weighted by molar-refractivity contribution is 0.183. The molecule has 162 valence electrons. The molecule has 0 unspecified atom stereocenters. The number of ether oxygens (including phenoxy) is 1. The van der Waals surface area contributed by atoms with Gasteiger partial charge in [0.25, 0.3) is 5.56 Å². The van der Waals surface area contributed by atoms with Crippen LogP contribution < -0.4 is 10.3 Å². The van der Waals surface area contributed by atoms with E-state index >= 15 is 0 Å². The number of aromatic nitrogens is 2. The van der Waals surface area contributed by atoms with Crippen molar-refractivity contribution in [1.82, 2.24) is 14.5 Å². The largest absolute Gasteiger partial charge is 0.507 e. The SMILES string of the molecule is COc1ccc(Cn2c(C)cc(O)c([C@H](c3ccncc3)N3CCCCC3)c2=O)cc1. The van der Waals surface area contributed by atoms with Crippen LogP contribution in [0.2, 0.25) is 0 Å². The highest BCUT2D eigenvalue weighted by Crippen LogP contribution is 2.34. The van der Waals surface area contributed by atoms with Gasteiger partial charge in [0.15, 0.2) is 0 Å². The summed E-state index contributed by atoms with van der Waals surface area (Å²) >= 11 is 0. The molecule has 1 aromatic carbocycles. The molecule has 1 saturated heterocycles. The maximum atomic E-state index is 13.7. The van der Waals surface area contributed by atoms with Crippen LogP contribution >= 0.6 is 0 Å². The summed E-state index contributed by atoms with van der Waals surface area (Å²) in [6.45, 7) is 4.10. The van der Waals surface area contributed by atoms with Crippen molar-refractivity contribution in [2.45, 2.75) is 38.8 Å². The maximum absolute atomic E-state index is 13.7. The van der Waals surface area contributed by atoms with Crippen LogP contribution in [0, 0.1) is 6.92 Å². The summed E-state index contributed by atoms with van der Waals surface area (Å²) in [7, 11) is 1.63. The van der Waals surface area contributed by atoms with E-state index in [-0.39, 0.29) is 17.4 Å². The Bertz CT molecular complexity index is 1070. The molecule has 0 radical (unpaired) electrons. The van der Waals surface area contributed by atoms with Crippen LogP contribution in [0.4, 0.5) is 0 Å². The summed E-state index contributed by atoms with van der Waals surface area (Å²) in [5.41, 5.74) is 2.99. The predicted octanol–water partition coefficient (Wildman–Crippen LogP) is 3.89. The van der Waals surface area contributed by atoms with Crippen LogP contribution in [-0.2, 0) is 6.54 Å². The van der Waals surface area contributed by atoms with E-state index < -0.39 is 0 Å². The van der Waals surface area contributed by atoms with E-state index in [9.17, 15) is 9.90 Å². The topological polar surface area (TPSA) is 67.6 Å². The Hall–Kier alpha value is -3.12. The third kappa shape index (κ3) is 4.49. The number of aromatic hydroxyl groups is 1. The molecule has 1 aliphatic heterocycles. The van der Waals surface area contributed by atoms with E-state index in [0.29, 0.717) is 12.1 Å². The van der Waals surface area contributed by atoms with Crippen LogP contribution in [0.3, 0.4) is 0 Å². The van der Waals surface area contributed by atoms with Crippen LogP contribution in [0.15, 0.2) is 59.7 Å². The first-order valence-corrected chi connectivity index (χ1v) is 10.8. The van der Waals surface area contributed by atoms with Gasteiger partial charge in [0.05, 0.1) is 25.3 Å². The van der Waals surface area contributed by atoms with Gasteiger partial charge in [0, 0.05) is 18.1 Å². The molecule has 1 aliphatic rings. The molecule has 0 amide bonds. The van der Waals surface area contributed by atoms with Crippen molar-refractivity contribution in [3.05, 3.63) is 87.6 Å². The van der Waals surface area contributed by atoms with Gasteiger partial charge in [0.2, 0.25) is 0 Å². The molecule has 1 fully saturated rings. The zero-order valence-electron chi connectivity index (χ0n) is 18.1. The van der Waals surface area contributed by atoms with E-state index in [4.69, 9.17) is 4.74 Å². The van der Waals surface area contributed by atoms with Gasteiger partial charge in [-0.15, -0.1) is 0 Å². The molecule has 0 spiro atoms. The van der Waals surface area contributed by atoms with Crippen molar-refractivity contribution in [1.29, 1.82) is 0 Å². The van der Waals surface area contributed by atoms with Crippen molar-refractivity contribution in [3.8, 4) is 11.5 Å².